The number of hydrazine groups is 1. The summed E-state index contributed by atoms with van der Waals surface area (Å²) in [6, 6.07) is 4.38. The van der Waals surface area contributed by atoms with Gasteiger partial charge in [0, 0.05) is 19.7 Å². The highest BCUT2D eigenvalue weighted by molar-refractivity contribution is 7.89. The molecule has 102 valence electrons. The molecule has 1 rings (SSSR count). The standard InChI is InChI=1S/C11H18N2O4S/c1-4-17-11-6-5-10(7-9(11)8-14)18(15,16)12-13(2)3/h5-7,12,14H,4,8H2,1-3H3. The van der Waals surface area contributed by atoms with Gasteiger partial charge in [-0.3, -0.25) is 0 Å². The van der Waals surface area contributed by atoms with E-state index >= 15 is 0 Å². The highest BCUT2D eigenvalue weighted by Crippen LogP contribution is 2.22. The summed E-state index contributed by atoms with van der Waals surface area (Å²) in [6.45, 7) is 2.00. The van der Waals surface area contributed by atoms with Gasteiger partial charge in [-0.05, 0) is 25.1 Å². The van der Waals surface area contributed by atoms with Gasteiger partial charge >= 0.3 is 0 Å². The third kappa shape index (κ3) is 3.67. The molecule has 0 aliphatic carbocycles. The molecule has 0 unspecified atom stereocenters. The molecule has 6 nitrogen and oxygen atoms in total. The maximum absolute atomic E-state index is 11.9. The van der Waals surface area contributed by atoms with Crippen molar-refractivity contribution in [2.24, 2.45) is 0 Å². The molecule has 0 aromatic heterocycles. The monoisotopic (exact) mass is 274 g/mol. The summed E-state index contributed by atoms with van der Waals surface area (Å²) in [7, 11) is -0.450. The van der Waals surface area contributed by atoms with Gasteiger partial charge in [-0.25, -0.2) is 13.4 Å². The molecular weight excluding hydrogens is 256 g/mol. The molecule has 0 saturated heterocycles. The van der Waals surface area contributed by atoms with Crippen molar-refractivity contribution in [2.75, 3.05) is 20.7 Å². The van der Waals surface area contributed by atoms with E-state index in [0.717, 1.165) is 0 Å². The van der Waals surface area contributed by atoms with Crippen molar-refractivity contribution in [3.8, 4) is 5.75 Å². The Bertz CT molecular complexity index is 500. The normalized spacial score (nSPS) is 11.8. The summed E-state index contributed by atoms with van der Waals surface area (Å²) in [5.41, 5.74) is 0.443. The molecule has 0 spiro atoms. The summed E-state index contributed by atoms with van der Waals surface area (Å²) >= 11 is 0. The minimum Gasteiger partial charge on any atom is -0.494 e. The average Bonchev–Trinajstić information content (AvgIpc) is 2.28. The molecule has 0 radical (unpaired) electrons. The van der Waals surface area contributed by atoms with Crippen LogP contribution in [0.25, 0.3) is 0 Å². The molecule has 2 N–H and O–H groups in total. The maximum atomic E-state index is 11.9. The summed E-state index contributed by atoms with van der Waals surface area (Å²) in [6.07, 6.45) is 0. The zero-order chi connectivity index (χ0) is 13.8. The van der Waals surface area contributed by atoms with E-state index in [1.165, 1.54) is 17.1 Å². The van der Waals surface area contributed by atoms with Crippen LogP contribution in [-0.4, -0.2) is 39.2 Å². The van der Waals surface area contributed by atoms with Gasteiger partial charge in [0.25, 0.3) is 10.0 Å². The molecule has 0 fully saturated rings. The lowest BCUT2D eigenvalue weighted by molar-refractivity contribution is 0.266. The van der Waals surface area contributed by atoms with Gasteiger partial charge in [0.15, 0.2) is 0 Å². The van der Waals surface area contributed by atoms with Crippen LogP contribution >= 0.6 is 0 Å². The fraction of sp³-hybridized carbons (Fsp3) is 0.455. The van der Waals surface area contributed by atoms with E-state index in [0.29, 0.717) is 17.9 Å². The second-order valence-electron chi connectivity index (χ2n) is 3.85. The van der Waals surface area contributed by atoms with Crippen LogP contribution in [0.1, 0.15) is 12.5 Å². The lowest BCUT2D eigenvalue weighted by Crippen LogP contribution is -2.36. The molecule has 1 aromatic carbocycles. The number of nitrogens with zero attached hydrogens (tertiary/aromatic N) is 1. The first-order chi connectivity index (χ1) is 8.40. The minimum atomic E-state index is -3.61. The topological polar surface area (TPSA) is 78.9 Å². The summed E-state index contributed by atoms with van der Waals surface area (Å²) < 4.78 is 29.1. The highest BCUT2D eigenvalue weighted by Gasteiger charge is 2.16. The molecule has 0 saturated carbocycles. The van der Waals surface area contributed by atoms with E-state index < -0.39 is 10.0 Å². The highest BCUT2D eigenvalue weighted by atomic mass is 32.2. The van der Waals surface area contributed by atoms with E-state index in [2.05, 4.69) is 4.83 Å². The third-order valence-electron chi connectivity index (χ3n) is 2.12. The van der Waals surface area contributed by atoms with Crippen molar-refractivity contribution >= 4 is 10.0 Å². The predicted molar refractivity (Wildman–Crippen MR) is 67.5 cm³/mol. The van der Waals surface area contributed by atoms with E-state index in [4.69, 9.17) is 4.74 Å². The first-order valence-electron chi connectivity index (χ1n) is 5.47. The fourth-order valence-electron chi connectivity index (χ4n) is 1.44. The molecule has 7 heteroatoms. The number of hydrogen-bond donors (Lipinski definition) is 2. The van der Waals surface area contributed by atoms with Crippen LogP contribution in [0.5, 0.6) is 5.75 Å². The van der Waals surface area contributed by atoms with Gasteiger partial charge in [0.2, 0.25) is 0 Å². The van der Waals surface area contributed by atoms with Crippen molar-refractivity contribution in [3.05, 3.63) is 23.8 Å². The molecule has 0 aliphatic rings. The maximum Gasteiger partial charge on any atom is 0.253 e. The quantitative estimate of drug-likeness (QED) is 0.731. The Kier molecular flexibility index (Phi) is 5.09. The Morgan fingerprint density at radius 1 is 1.39 bits per heavy atom. The van der Waals surface area contributed by atoms with Crippen LogP contribution in [0, 0.1) is 0 Å². The number of aliphatic hydroxyl groups excluding tert-OH is 1. The van der Waals surface area contributed by atoms with Gasteiger partial charge in [-0.1, -0.05) is 0 Å². The minimum absolute atomic E-state index is 0.0868. The molecule has 0 bridgehead atoms. The second-order valence-corrected chi connectivity index (χ2v) is 5.51. The van der Waals surface area contributed by atoms with Crippen LogP contribution < -0.4 is 9.57 Å². The van der Waals surface area contributed by atoms with Crippen LogP contribution in [0.2, 0.25) is 0 Å². The predicted octanol–water partition coefficient (Wildman–Crippen LogP) is 0.332. The Morgan fingerprint density at radius 2 is 2.06 bits per heavy atom. The average molecular weight is 274 g/mol. The lowest BCUT2D eigenvalue weighted by Gasteiger charge is -2.14. The number of nitrogens with one attached hydrogen (secondary N) is 1. The third-order valence-corrected chi connectivity index (χ3v) is 3.60. The molecular formula is C11H18N2O4S. The first-order valence-corrected chi connectivity index (χ1v) is 6.95. The molecule has 0 aliphatic heterocycles. The van der Waals surface area contributed by atoms with Crippen LogP contribution in [0.4, 0.5) is 0 Å². The Morgan fingerprint density at radius 3 is 2.56 bits per heavy atom. The summed E-state index contributed by atoms with van der Waals surface area (Å²) in [4.78, 5) is 2.41. The van der Waals surface area contributed by atoms with Gasteiger partial charge in [0.05, 0.1) is 18.1 Å². The van der Waals surface area contributed by atoms with Crippen LogP contribution in [0.15, 0.2) is 23.1 Å². The van der Waals surface area contributed by atoms with Crippen LogP contribution in [0.3, 0.4) is 0 Å². The number of benzene rings is 1. The van der Waals surface area contributed by atoms with Crippen molar-refractivity contribution in [1.82, 2.24) is 9.84 Å². The number of rotatable bonds is 6. The SMILES string of the molecule is CCOc1ccc(S(=O)(=O)NN(C)C)cc1CO. The van der Waals surface area contributed by atoms with E-state index in [1.807, 2.05) is 6.92 Å². The van der Waals surface area contributed by atoms with Gasteiger partial charge < -0.3 is 9.84 Å². The lowest BCUT2D eigenvalue weighted by atomic mass is 10.2. The van der Waals surface area contributed by atoms with E-state index in [-0.39, 0.29) is 11.5 Å². The summed E-state index contributed by atoms with van der Waals surface area (Å²) in [5, 5.41) is 10.5. The van der Waals surface area contributed by atoms with Gasteiger partial charge in [-0.15, -0.1) is 4.83 Å². The number of aliphatic hydroxyl groups is 1. The zero-order valence-electron chi connectivity index (χ0n) is 10.7. The van der Waals surface area contributed by atoms with Gasteiger partial charge in [-0.2, -0.15) is 0 Å². The molecule has 1 aromatic rings. The number of ether oxygens (including phenoxy) is 1. The Hall–Kier alpha value is -1.15. The number of sulfonamides is 1. The van der Waals surface area contributed by atoms with Gasteiger partial charge in [0.1, 0.15) is 5.75 Å². The number of hydrogen-bond acceptors (Lipinski definition) is 5. The summed E-state index contributed by atoms with van der Waals surface area (Å²) in [5.74, 6) is 0.490. The van der Waals surface area contributed by atoms with Crippen molar-refractivity contribution in [1.29, 1.82) is 0 Å². The molecule has 0 atom stereocenters. The van der Waals surface area contributed by atoms with E-state index in [1.54, 1.807) is 20.2 Å². The zero-order valence-corrected chi connectivity index (χ0v) is 11.5. The van der Waals surface area contributed by atoms with E-state index in [9.17, 15) is 13.5 Å². The molecule has 18 heavy (non-hydrogen) atoms. The molecule has 0 amide bonds. The smallest absolute Gasteiger partial charge is 0.253 e. The second kappa shape index (κ2) is 6.14. The largest absolute Gasteiger partial charge is 0.494 e. The fourth-order valence-corrected chi connectivity index (χ4v) is 2.57. The van der Waals surface area contributed by atoms with Crippen molar-refractivity contribution in [3.63, 3.8) is 0 Å². The van der Waals surface area contributed by atoms with Crippen LogP contribution in [-0.2, 0) is 16.6 Å². The Balaban J connectivity index is 3.12. The molecule has 0 heterocycles. The van der Waals surface area contributed by atoms with Crippen molar-refractivity contribution in [2.45, 2.75) is 18.4 Å². The van der Waals surface area contributed by atoms with Crippen molar-refractivity contribution < 1.29 is 18.3 Å². The Labute approximate surface area is 107 Å². The first kappa shape index (κ1) is 14.9.